The molecule has 7 nitrogen and oxygen atoms in total. The second-order valence-corrected chi connectivity index (χ2v) is 10.1. The Kier molecular flexibility index (Phi) is 6.67. The molecule has 2 aliphatic heterocycles. The number of rotatable bonds is 7. The molecule has 1 saturated heterocycles. The van der Waals surface area contributed by atoms with Crippen LogP contribution in [-0.4, -0.2) is 60.0 Å². The third-order valence-corrected chi connectivity index (χ3v) is 7.52. The zero-order chi connectivity index (χ0) is 26.9. The fourth-order valence-electron chi connectivity index (χ4n) is 5.35. The van der Waals surface area contributed by atoms with Gasteiger partial charge in [-0.1, -0.05) is 18.6 Å². The maximum Gasteiger partial charge on any atom is 0.261 e. The summed E-state index contributed by atoms with van der Waals surface area (Å²) in [4.78, 5) is 28.6. The van der Waals surface area contributed by atoms with Crippen LogP contribution in [0.4, 0.5) is 0 Å². The van der Waals surface area contributed by atoms with Gasteiger partial charge in [-0.3, -0.25) is 19.4 Å². The highest BCUT2D eigenvalue weighted by Crippen LogP contribution is 2.41. The molecule has 7 heteroatoms. The number of phenolic OH excluding ortho intramolecular Hbond substituents is 1. The van der Waals surface area contributed by atoms with Crippen LogP contribution < -0.4 is 9.47 Å². The molecule has 0 spiro atoms. The Morgan fingerprint density at radius 1 is 0.769 bits per heavy atom. The van der Waals surface area contributed by atoms with E-state index in [1.165, 1.54) is 26.3 Å². The highest BCUT2D eigenvalue weighted by Gasteiger charge is 2.33. The van der Waals surface area contributed by atoms with Crippen molar-refractivity contribution in [3.05, 3.63) is 83.9 Å². The third-order valence-electron chi connectivity index (χ3n) is 7.52. The molecule has 0 unspecified atom stereocenters. The summed E-state index contributed by atoms with van der Waals surface area (Å²) in [5.41, 5.74) is 2.30. The molecule has 2 aliphatic rings. The minimum atomic E-state index is -0.319. The van der Waals surface area contributed by atoms with E-state index in [0.717, 1.165) is 52.2 Å². The van der Waals surface area contributed by atoms with Gasteiger partial charge in [0.05, 0.1) is 11.1 Å². The summed E-state index contributed by atoms with van der Waals surface area (Å²) in [6.45, 7) is 3.86. The van der Waals surface area contributed by atoms with E-state index >= 15 is 0 Å². The van der Waals surface area contributed by atoms with E-state index in [0.29, 0.717) is 29.2 Å². The average Bonchev–Trinajstić information content (AvgIpc) is 3.17. The van der Waals surface area contributed by atoms with Gasteiger partial charge in [-0.2, -0.15) is 0 Å². The molecule has 1 N–H and O–H groups in total. The van der Waals surface area contributed by atoms with Crippen molar-refractivity contribution in [1.29, 1.82) is 0 Å². The lowest BCUT2D eigenvalue weighted by Gasteiger charge is -2.26. The molecule has 39 heavy (non-hydrogen) atoms. The summed E-state index contributed by atoms with van der Waals surface area (Å²) >= 11 is 0. The smallest absolute Gasteiger partial charge is 0.261 e. The van der Waals surface area contributed by atoms with Crippen molar-refractivity contribution in [3.8, 4) is 34.1 Å². The third kappa shape index (κ3) is 4.93. The number of piperidine rings is 1. The largest absolute Gasteiger partial charge is 0.508 e. The number of phenols is 1. The maximum absolute atomic E-state index is 12.6. The Bertz CT molecular complexity index is 1560. The first-order chi connectivity index (χ1) is 19.0. The van der Waals surface area contributed by atoms with E-state index in [1.54, 1.807) is 24.3 Å². The van der Waals surface area contributed by atoms with Crippen LogP contribution in [0.15, 0.2) is 72.8 Å². The van der Waals surface area contributed by atoms with Gasteiger partial charge >= 0.3 is 0 Å². The summed E-state index contributed by atoms with van der Waals surface area (Å²) in [6.07, 6.45) is 3.84. The van der Waals surface area contributed by atoms with E-state index in [-0.39, 0.29) is 17.6 Å². The number of nitrogens with zero attached hydrogens (tertiary/aromatic N) is 2. The van der Waals surface area contributed by atoms with Crippen LogP contribution in [-0.2, 0) is 0 Å². The fraction of sp³-hybridized carbons (Fsp3) is 0.250. The molecule has 0 aliphatic carbocycles. The van der Waals surface area contributed by atoms with E-state index in [4.69, 9.17) is 9.47 Å². The molecule has 2 amide bonds. The van der Waals surface area contributed by atoms with E-state index < -0.39 is 0 Å². The molecule has 4 aromatic carbocycles. The predicted octanol–water partition coefficient (Wildman–Crippen LogP) is 6.10. The SMILES string of the molecule is CN1C(=O)c2ccc(-c3ccc4cc(O)ccc4c3Oc3ccc(OCCN4CCCCC4)cc3)cc2C1=O. The predicted molar refractivity (Wildman–Crippen MR) is 150 cm³/mol. The van der Waals surface area contributed by atoms with Crippen molar-refractivity contribution in [1.82, 2.24) is 9.80 Å². The standard InChI is InChI=1S/C32H30N2O5/c1-33-31(36)28-13-6-22(20-29(28)32(33)37)26-12-5-21-19-23(35)7-14-27(21)30(26)39-25-10-8-24(9-11-25)38-18-17-34-15-3-2-4-16-34/h5-14,19-20,35H,2-4,15-18H2,1H3. The van der Waals surface area contributed by atoms with Gasteiger partial charge in [0.25, 0.3) is 11.8 Å². The molecule has 6 rings (SSSR count). The molecule has 0 aromatic heterocycles. The van der Waals surface area contributed by atoms with Gasteiger partial charge in [0, 0.05) is 24.5 Å². The zero-order valence-corrected chi connectivity index (χ0v) is 21.9. The van der Waals surface area contributed by atoms with Crippen LogP contribution in [0.1, 0.15) is 40.0 Å². The second kappa shape index (κ2) is 10.4. The van der Waals surface area contributed by atoms with Gasteiger partial charge in [-0.25, -0.2) is 0 Å². The molecule has 4 aromatic rings. The Labute approximate surface area is 227 Å². The first-order valence-electron chi connectivity index (χ1n) is 13.3. The molecule has 0 bridgehead atoms. The first kappa shape index (κ1) is 24.9. The number of hydrogen-bond acceptors (Lipinski definition) is 6. The number of hydrogen-bond donors (Lipinski definition) is 1. The van der Waals surface area contributed by atoms with Gasteiger partial charge in [0.2, 0.25) is 0 Å². The van der Waals surface area contributed by atoms with Crippen molar-refractivity contribution in [2.24, 2.45) is 0 Å². The normalized spacial score (nSPS) is 15.6. The highest BCUT2D eigenvalue weighted by molar-refractivity contribution is 6.21. The minimum Gasteiger partial charge on any atom is -0.508 e. The molecule has 0 atom stereocenters. The molecule has 0 saturated carbocycles. The minimum absolute atomic E-state index is 0.164. The summed E-state index contributed by atoms with van der Waals surface area (Å²) < 4.78 is 12.4. The molecular weight excluding hydrogens is 492 g/mol. The lowest BCUT2D eigenvalue weighted by Crippen LogP contribution is -2.33. The number of likely N-dealkylation sites (tertiary alicyclic amines) is 1. The Balaban J connectivity index is 1.28. The van der Waals surface area contributed by atoms with Crippen LogP contribution in [0.3, 0.4) is 0 Å². The van der Waals surface area contributed by atoms with Crippen LogP contribution in [0.5, 0.6) is 23.0 Å². The fourth-order valence-corrected chi connectivity index (χ4v) is 5.35. The Hall–Kier alpha value is -4.36. The Morgan fingerprint density at radius 2 is 1.49 bits per heavy atom. The number of amides is 2. The maximum atomic E-state index is 12.6. The quantitative estimate of drug-likeness (QED) is 0.296. The molecule has 0 radical (unpaired) electrons. The number of aromatic hydroxyl groups is 1. The first-order valence-corrected chi connectivity index (χ1v) is 13.3. The van der Waals surface area contributed by atoms with Gasteiger partial charge in [-0.15, -0.1) is 0 Å². The van der Waals surface area contributed by atoms with E-state index in [1.807, 2.05) is 48.5 Å². The van der Waals surface area contributed by atoms with Gasteiger partial charge in [-0.05, 0) is 97.5 Å². The number of benzene rings is 4. The van der Waals surface area contributed by atoms with Gasteiger partial charge in [0.15, 0.2) is 0 Å². The summed E-state index contributed by atoms with van der Waals surface area (Å²) in [5, 5.41) is 11.7. The van der Waals surface area contributed by atoms with Crippen molar-refractivity contribution < 1.29 is 24.2 Å². The van der Waals surface area contributed by atoms with Crippen molar-refractivity contribution in [2.75, 3.05) is 33.3 Å². The molecule has 198 valence electrons. The number of carbonyl (C=O) groups is 2. The van der Waals surface area contributed by atoms with Crippen LogP contribution in [0.25, 0.3) is 21.9 Å². The number of imide groups is 1. The topological polar surface area (TPSA) is 79.3 Å². The summed E-state index contributed by atoms with van der Waals surface area (Å²) in [5.74, 6) is 1.56. The van der Waals surface area contributed by atoms with Crippen molar-refractivity contribution >= 4 is 22.6 Å². The lowest BCUT2D eigenvalue weighted by molar-refractivity contribution is 0.0693. The van der Waals surface area contributed by atoms with E-state index in [2.05, 4.69) is 4.90 Å². The second-order valence-electron chi connectivity index (χ2n) is 10.1. The number of fused-ring (bicyclic) bond motifs is 2. The Morgan fingerprint density at radius 3 is 2.28 bits per heavy atom. The average molecular weight is 523 g/mol. The van der Waals surface area contributed by atoms with Crippen LogP contribution >= 0.6 is 0 Å². The summed E-state index contributed by atoms with van der Waals surface area (Å²) in [6, 6.07) is 21.7. The van der Waals surface area contributed by atoms with Crippen LogP contribution in [0.2, 0.25) is 0 Å². The highest BCUT2D eigenvalue weighted by atomic mass is 16.5. The molecule has 1 fully saturated rings. The molecular formula is C32H30N2O5. The summed E-state index contributed by atoms with van der Waals surface area (Å²) in [7, 11) is 1.49. The van der Waals surface area contributed by atoms with Crippen molar-refractivity contribution in [2.45, 2.75) is 19.3 Å². The zero-order valence-electron chi connectivity index (χ0n) is 21.9. The number of carbonyl (C=O) groups excluding carboxylic acids is 2. The van der Waals surface area contributed by atoms with E-state index in [9.17, 15) is 14.7 Å². The van der Waals surface area contributed by atoms with Crippen molar-refractivity contribution in [3.63, 3.8) is 0 Å². The van der Waals surface area contributed by atoms with Gasteiger partial charge < -0.3 is 14.6 Å². The van der Waals surface area contributed by atoms with Crippen LogP contribution in [0, 0.1) is 0 Å². The lowest BCUT2D eigenvalue weighted by atomic mass is 9.96. The van der Waals surface area contributed by atoms with Gasteiger partial charge in [0.1, 0.15) is 29.6 Å². The number of ether oxygens (including phenoxy) is 2. The molecule has 2 heterocycles. The monoisotopic (exact) mass is 522 g/mol.